The third-order valence-electron chi connectivity index (χ3n) is 3.88. The number of thiazole rings is 1. The molecular formula is C21H20N2O4S. The fraction of sp³-hybridized carbons (Fsp3) is 0.190. The number of nitrogens with zero attached hydrogens (tertiary/aromatic N) is 1. The van der Waals surface area contributed by atoms with Crippen molar-refractivity contribution in [2.24, 2.45) is 0 Å². The summed E-state index contributed by atoms with van der Waals surface area (Å²) in [5.74, 6) is -0.754. The van der Waals surface area contributed by atoms with Crippen LogP contribution in [0.3, 0.4) is 0 Å². The molecule has 1 aromatic heterocycles. The van der Waals surface area contributed by atoms with Crippen molar-refractivity contribution in [3.05, 3.63) is 70.6 Å². The first kappa shape index (κ1) is 19.7. The molecule has 0 aliphatic rings. The average Bonchev–Trinajstić information content (AvgIpc) is 3.13. The Morgan fingerprint density at radius 2 is 1.79 bits per heavy atom. The molecule has 0 radical (unpaired) electrons. The number of hydrogen-bond donors (Lipinski definition) is 1. The highest BCUT2D eigenvalue weighted by molar-refractivity contribution is 7.18. The van der Waals surface area contributed by atoms with E-state index >= 15 is 0 Å². The normalized spacial score (nSPS) is 10.5. The van der Waals surface area contributed by atoms with Gasteiger partial charge in [-0.05, 0) is 24.6 Å². The largest absolute Gasteiger partial charge is 0.462 e. The van der Waals surface area contributed by atoms with E-state index in [4.69, 9.17) is 9.47 Å². The molecule has 2 aromatic carbocycles. The summed E-state index contributed by atoms with van der Waals surface area (Å²) >= 11 is 1.10. The predicted octanol–water partition coefficient (Wildman–Crippen LogP) is 4.39. The maximum absolute atomic E-state index is 12.5. The highest BCUT2D eigenvalue weighted by atomic mass is 32.1. The Kier molecular flexibility index (Phi) is 6.52. The van der Waals surface area contributed by atoms with Crippen LogP contribution in [0.2, 0.25) is 0 Å². The van der Waals surface area contributed by atoms with Crippen molar-refractivity contribution >= 4 is 28.3 Å². The van der Waals surface area contributed by atoms with Gasteiger partial charge in [0.05, 0.1) is 18.9 Å². The minimum absolute atomic E-state index is 0.264. The molecule has 0 spiro atoms. The van der Waals surface area contributed by atoms with E-state index in [1.54, 1.807) is 26.2 Å². The van der Waals surface area contributed by atoms with Crippen molar-refractivity contribution in [1.82, 2.24) is 4.98 Å². The summed E-state index contributed by atoms with van der Waals surface area (Å²) in [5, 5.41) is 3.11. The van der Waals surface area contributed by atoms with Gasteiger partial charge in [0.15, 0.2) is 5.13 Å². The maximum Gasteiger partial charge on any atom is 0.350 e. The van der Waals surface area contributed by atoms with E-state index in [2.05, 4.69) is 10.3 Å². The molecule has 0 unspecified atom stereocenters. The van der Waals surface area contributed by atoms with Crippen LogP contribution in [-0.4, -0.2) is 30.6 Å². The summed E-state index contributed by atoms with van der Waals surface area (Å²) in [5.41, 5.74) is 2.75. The number of methoxy groups -OCH3 is 1. The molecule has 0 fully saturated rings. The number of amides is 1. The van der Waals surface area contributed by atoms with Crippen LogP contribution < -0.4 is 5.32 Å². The summed E-state index contributed by atoms with van der Waals surface area (Å²) in [4.78, 5) is 29.7. The first-order valence-corrected chi connectivity index (χ1v) is 9.56. The molecule has 7 heteroatoms. The lowest BCUT2D eigenvalue weighted by molar-refractivity contribution is 0.0532. The Balaban J connectivity index is 1.85. The molecule has 0 bridgehead atoms. The van der Waals surface area contributed by atoms with Crippen molar-refractivity contribution in [2.45, 2.75) is 13.5 Å². The Bertz CT molecular complexity index is 952. The summed E-state index contributed by atoms with van der Waals surface area (Å²) in [7, 11) is 1.62. The zero-order valence-corrected chi connectivity index (χ0v) is 16.4. The van der Waals surface area contributed by atoms with Crippen LogP contribution in [0.5, 0.6) is 0 Å². The number of rotatable bonds is 7. The number of carbonyl (C=O) groups is 2. The molecule has 6 nitrogen and oxygen atoms in total. The third-order valence-corrected chi connectivity index (χ3v) is 4.83. The van der Waals surface area contributed by atoms with Crippen molar-refractivity contribution in [2.75, 3.05) is 19.0 Å². The predicted molar refractivity (Wildman–Crippen MR) is 109 cm³/mol. The average molecular weight is 396 g/mol. The van der Waals surface area contributed by atoms with Crippen LogP contribution in [0.15, 0.2) is 54.6 Å². The van der Waals surface area contributed by atoms with Gasteiger partial charge in [0.25, 0.3) is 5.91 Å². The molecule has 0 aliphatic carbocycles. The molecule has 1 heterocycles. The van der Waals surface area contributed by atoms with Gasteiger partial charge in [-0.1, -0.05) is 53.8 Å². The van der Waals surface area contributed by atoms with Gasteiger partial charge in [-0.15, -0.1) is 0 Å². The molecule has 1 amide bonds. The number of nitrogens with one attached hydrogen (secondary N) is 1. The molecular weight excluding hydrogens is 376 g/mol. The van der Waals surface area contributed by atoms with E-state index < -0.39 is 5.97 Å². The highest BCUT2D eigenvalue weighted by Gasteiger charge is 2.21. The second kappa shape index (κ2) is 9.25. The Hall–Kier alpha value is -3.03. The molecule has 1 N–H and O–H groups in total. The van der Waals surface area contributed by atoms with Crippen LogP contribution in [0.25, 0.3) is 11.3 Å². The maximum atomic E-state index is 12.5. The van der Waals surface area contributed by atoms with Crippen LogP contribution >= 0.6 is 11.3 Å². The fourth-order valence-electron chi connectivity index (χ4n) is 2.59. The van der Waals surface area contributed by atoms with Crippen LogP contribution in [0, 0.1) is 0 Å². The van der Waals surface area contributed by atoms with Gasteiger partial charge < -0.3 is 9.47 Å². The molecule has 144 valence electrons. The summed E-state index contributed by atoms with van der Waals surface area (Å²) < 4.78 is 10.2. The van der Waals surface area contributed by atoms with Gasteiger partial charge in [0.2, 0.25) is 0 Å². The van der Waals surface area contributed by atoms with E-state index in [1.807, 2.05) is 42.5 Å². The van der Waals surface area contributed by atoms with E-state index in [1.165, 1.54) is 0 Å². The van der Waals surface area contributed by atoms with Crippen molar-refractivity contribution in [3.8, 4) is 11.3 Å². The second-order valence-electron chi connectivity index (χ2n) is 5.87. The van der Waals surface area contributed by atoms with E-state index in [0.717, 1.165) is 22.5 Å². The van der Waals surface area contributed by atoms with Gasteiger partial charge in [-0.3, -0.25) is 10.1 Å². The molecule has 3 rings (SSSR count). The van der Waals surface area contributed by atoms with Crippen molar-refractivity contribution < 1.29 is 19.1 Å². The first-order valence-electron chi connectivity index (χ1n) is 8.75. The van der Waals surface area contributed by atoms with Crippen LogP contribution in [0.1, 0.15) is 32.5 Å². The minimum Gasteiger partial charge on any atom is -0.462 e. The summed E-state index contributed by atoms with van der Waals surface area (Å²) in [6.07, 6.45) is 0. The number of anilines is 1. The van der Waals surface area contributed by atoms with Gasteiger partial charge in [-0.2, -0.15) is 0 Å². The third kappa shape index (κ3) is 4.62. The zero-order valence-electron chi connectivity index (χ0n) is 15.6. The number of carbonyl (C=O) groups excluding carboxylic acids is 2. The lowest BCUT2D eigenvalue weighted by atomic mass is 10.1. The smallest absolute Gasteiger partial charge is 0.350 e. The SMILES string of the molecule is CCOC(=O)c1sc(NC(=O)c2ccc(COC)cc2)nc1-c1ccccc1. The topological polar surface area (TPSA) is 77.5 Å². The molecule has 0 saturated heterocycles. The Labute approximate surface area is 167 Å². The number of hydrogen-bond acceptors (Lipinski definition) is 6. The van der Waals surface area contributed by atoms with Crippen molar-refractivity contribution in [1.29, 1.82) is 0 Å². The van der Waals surface area contributed by atoms with E-state index in [-0.39, 0.29) is 12.5 Å². The number of aromatic nitrogens is 1. The highest BCUT2D eigenvalue weighted by Crippen LogP contribution is 2.32. The molecule has 3 aromatic rings. The molecule has 0 saturated carbocycles. The first-order chi connectivity index (χ1) is 13.6. The Morgan fingerprint density at radius 1 is 1.07 bits per heavy atom. The summed E-state index contributed by atoms with van der Waals surface area (Å²) in [6.45, 7) is 2.50. The zero-order chi connectivity index (χ0) is 19.9. The lowest BCUT2D eigenvalue weighted by Crippen LogP contribution is -2.11. The standard InChI is InChI=1S/C21H20N2O4S/c1-3-27-20(25)18-17(15-7-5-4-6-8-15)22-21(28-18)23-19(24)16-11-9-14(10-12-16)13-26-2/h4-12H,3,13H2,1-2H3,(H,22,23,24). The van der Waals surface area contributed by atoms with Gasteiger partial charge in [0, 0.05) is 18.2 Å². The Morgan fingerprint density at radius 3 is 2.43 bits per heavy atom. The van der Waals surface area contributed by atoms with E-state index in [9.17, 15) is 9.59 Å². The van der Waals surface area contributed by atoms with Gasteiger partial charge >= 0.3 is 5.97 Å². The molecule has 0 aliphatic heterocycles. The number of benzene rings is 2. The van der Waals surface area contributed by atoms with Crippen molar-refractivity contribution in [3.63, 3.8) is 0 Å². The monoisotopic (exact) mass is 396 g/mol. The second-order valence-corrected chi connectivity index (χ2v) is 6.87. The van der Waals surface area contributed by atoms with Crippen LogP contribution in [-0.2, 0) is 16.1 Å². The number of ether oxygens (including phenoxy) is 2. The number of esters is 1. The fourth-order valence-corrected chi connectivity index (χ4v) is 3.47. The quantitative estimate of drug-likeness (QED) is 0.600. The van der Waals surface area contributed by atoms with E-state index in [0.29, 0.717) is 27.9 Å². The van der Waals surface area contributed by atoms with Gasteiger partial charge in [0.1, 0.15) is 4.88 Å². The molecule has 28 heavy (non-hydrogen) atoms. The van der Waals surface area contributed by atoms with Crippen LogP contribution in [0.4, 0.5) is 5.13 Å². The summed E-state index contributed by atoms with van der Waals surface area (Å²) in [6, 6.07) is 16.4. The molecule has 0 atom stereocenters. The minimum atomic E-state index is -0.455. The van der Waals surface area contributed by atoms with Gasteiger partial charge in [-0.25, -0.2) is 9.78 Å². The lowest BCUT2D eigenvalue weighted by Gasteiger charge is -2.03.